The van der Waals surface area contributed by atoms with E-state index in [1.165, 1.54) is 26.2 Å². The molecule has 0 fully saturated rings. The molecular weight excluding hydrogens is 329 g/mol. The van der Waals surface area contributed by atoms with Crippen molar-refractivity contribution < 1.29 is 32.2 Å². The standard InChI is InChI=1S/C15H13F3N2O4/c1-9(13(21)22-2)23-11-5-3-4-6-12(11)24-14-19-7-10(8-20-14)15(16,17)18/h3-9H,1-2H3. The van der Waals surface area contributed by atoms with Crippen LogP contribution in [0.4, 0.5) is 13.2 Å². The van der Waals surface area contributed by atoms with Gasteiger partial charge in [0.15, 0.2) is 17.6 Å². The molecule has 0 amide bonds. The molecular formula is C15H13F3N2O4. The van der Waals surface area contributed by atoms with Crippen LogP contribution in [0.15, 0.2) is 36.7 Å². The molecule has 0 aliphatic carbocycles. The van der Waals surface area contributed by atoms with Crippen LogP contribution in [0.5, 0.6) is 17.5 Å². The molecule has 2 rings (SSSR count). The molecule has 6 nitrogen and oxygen atoms in total. The maximum absolute atomic E-state index is 12.5. The number of esters is 1. The third-order valence-corrected chi connectivity index (χ3v) is 2.84. The van der Waals surface area contributed by atoms with Crippen molar-refractivity contribution in [2.75, 3.05) is 7.11 Å². The van der Waals surface area contributed by atoms with Crippen LogP contribution >= 0.6 is 0 Å². The van der Waals surface area contributed by atoms with E-state index in [0.717, 1.165) is 0 Å². The molecule has 0 radical (unpaired) electrons. The molecule has 2 aromatic rings. The van der Waals surface area contributed by atoms with Gasteiger partial charge in [0.05, 0.1) is 12.7 Å². The third-order valence-electron chi connectivity index (χ3n) is 2.84. The number of para-hydroxylation sites is 2. The van der Waals surface area contributed by atoms with E-state index in [2.05, 4.69) is 14.7 Å². The molecule has 24 heavy (non-hydrogen) atoms. The van der Waals surface area contributed by atoms with Crippen molar-refractivity contribution in [3.05, 3.63) is 42.2 Å². The van der Waals surface area contributed by atoms with E-state index in [4.69, 9.17) is 9.47 Å². The average Bonchev–Trinajstić information content (AvgIpc) is 2.55. The van der Waals surface area contributed by atoms with Gasteiger partial charge in [-0.2, -0.15) is 13.2 Å². The molecule has 0 aliphatic rings. The van der Waals surface area contributed by atoms with E-state index >= 15 is 0 Å². The Kier molecular flexibility index (Phi) is 5.22. The number of carbonyl (C=O) groups excluding carboxylic acids is 1. The molecule has 1 atom stereocenters. The summed E-state index contributed by atoms with van der Waals surface area (Å²) < 4.78 is 52.7. The van der Waals surface area contributed by atoms with Gasteiger partial charge in [-0.1, -0.05) is 12.1 Å². The summed E-state index contributed by atoms with van der Waals surface area (Å²) in [7, 11) is 1.22. The van der Waals surface area contributed by atoms with Crippen LogP contribution in [-0.2, 0) is 15.7 Å². The number of benzene rings is 1. The lowest BCUT2D eigenvalue weighted by atomic mass is 10.3. The summed E-state index contributed by atoms with van der Waals surface area (Å²) in [5.74, 6) is -0.248. The second-order valence-corrected chi connectivity index (χ2v) is 4.58. The van der Waals surface area contributed by atoms with Crippen LogP contribution < -0.4 is 9.47 Å². The second-order valence-electron chi connectivity index (χ2n) is 4.58. The van der Waals surface area contributed by atoms with Crippen molar-refractivity contribution in [3.63, 3.8) is 0 Å². The number of halogens is 3. The van der Waals surface area contributed by atoms with Gasteiger partial charge < -0.3 is 14.2 Å². The number of aromatic nitrogens is 2. The Morgan fingerprint density at radius 3 is 2.25 bits per heavy atom. The van der Waals surface area contributed by atoms with Crippen molar-refractivity contribution in [2.45, 2.75) is 19.2 Å². The van der Waals surface area contributed by atoms with Crippen molar-refractivity contribution in [3.8, 4) is 17.5 Å². The van der Waals surface area contributed by atoms with E-state index in [-0.39, 0.29) is 17.5 Å². The third kappa shape index (κ3) is 4.34. The Hall–Kier alpha value is -2.84. The fourth-order valence-corrected chi connectivity index (χ4v) is 1.65. The fraction of sp³-hybridized carbons (Fsp3) is 0.267. The molecule has 1 aromatic heterocycles. The molecule has 0 saturated carbocycles. The largest absolute Gasteiger partial charge is 0.475 e. The zero-order valence-electron chi connectivity index (χ0n) is 12.7. The highest BCUT2D eigenvalue weighted by atomic mass is 19.4. The zero-order valence-corrected chi connectivity index (χ0v) is 12.7. The number of hydrogen-bond acceptors (Lipinski definition) is 6. The zero-order chi connectivity index (χ0) is 17.7. The van der Waals surface area contributed by atoms with Crippen LogP contribution in [0, 0.1) is 0 Å². The molecule has 0 saturated heterocycles. The second kappa shape index (κ2) is 7.16. The number of nitrogens with zero attached hydrogens (tertiary/aromatic N) is 2. The minimum absolute atomic E-state index is 0.146. The number of alkyl halides is 3. The van der Waals surface area contributed by atoms with E-state index in [9.17, 15) is 18.0 Å². The molecule has 9 heteroatoms. The van der Waals surface area contributed by atoms with Gasteiger partial charge >= 0.3 is 18.2 Å². The Labute approximate surface area is 135 Å². The molecule has 1 aromatic carbocycles. The SMILES string of the molecule is COC(=O)C(C)Oc1ccccc1Oc1ncc(C(F)(F)F)cn1. The maximum atomic E-state index is 12.5. The molecule has 0 bridgehead atoms. The van der Waals surface area contributed by atoms with E-state index < -0.39 is 23.8 Å². The quantitative estimate of drug-likeness (QED) is 0.777. The van der Waals surface area contributed by atoms with Gasteiger partial charge in [0.1, 0.15) is 0 Å². The highest BCUT2D eigenvalue weighted by molar-refractivity contribution is 5.74. The van der Waals surface area contributed by atoms with Gasteiger partial charge in [-0.25, -0.2) is 14.8 Å². The predicted octanol–water partition coefficient (Wildman–Crippen LogP) is 3.23. The van der Waals surface area contributed by atoms with Gasteiger partial charge in [0, 0.05) is 12.4 Å². The van der Waals surface area contributed by atoms with Gasteiger partial charge in [0.2, 0.25) is 0 Å². The topological polar surface area (TPSA) is 70.5 Å². The van der Waals surface area contributed by atoms with Crippen molar-refractivity contribution in [2.24, 2.45) is 0 Å². The number of rotatable bonds is 5. The first kappa shape index (κ1) is 17.5. The highest BCUT2D eigenvalue weighted by Crippen LogP contribution is 2.32. The summed E-state index contributed by atoms with van der Waals surface area (Å²) >= 11 is 0. The maximum Gasteiger partial charge on any atom is 0.419 e. The molecule has 0 aliphatic heterocycles. The average molecular weight is 342 g/mol. The Morgan fingerprint density at radius 2 is 1.71 bits per heavy atom. The first-order valence-corrected chi connectivity index (χ1v) is 6.72. The van der Waals surface area contributed by atoms with Crippen molar-refractivity contribution >= 4 is 5.97 Å². The monoisotopic (exact) mass is 342 g/mol. The van der Waals surface area contributed by atoms with E-state index in [1.54, 1.807) is 12.1 Å². The first-order valence-electron chi connectivity index (χ1n) is 6.72. The number of methoxy groups -OCH3 is 1. The number of ether oxygens (including phenoxy) is 3. The van der Waals surface area contributed by atoms with Crippen molar-refractivity contribution in [1.29, 1.82) is 0 Å². The van der Waals surface area contributed by atoms with Crippen LogP contribution in [0.1, 0.15) is 12.5 Å². The normalized spacial score (nSPS) is 12.4. The summed E-state index contributed by atoms with van der Waals surface area (Å²) in [4.78, 5) is 18.4. The predicted molar refractivity (Wildman–Crippen MR) is 75.7 cm³/mol. The summed E-state index contributed by atoms with van der Waals surface area (Å²) in [6.07, 6.45) is -4.20. The van der Waals surface area contributed by atoms with E-state index in [0.29, 0.717) is 12.4 Å². The van der Waals surface area contributed by atoms with Crippen LogP contribution in [-0.4, -0.2) is 29.2 Å². The Morgan fingerprint density at radius 1 is 1.12 bits per heavy atom. The Bertz CT molecular complexity index is 705. The minimum atomic E-state index is -4.53. The lowest BCUT2D eigenvalue weighted by molar-refractivity contribution is -0.148. The molecule has 1 heterocycles. The van der Waals surface area contributed by atoms with Gasteiger partial charge in [-0.15, -0.1) is 0 Å². The Balaban J connectivity index is 2.17. The fourth-order valence-electron chi connectivity index (χ4n) is 1.65. The molecule has 0 spiro atoms. The van der Waals surface area contributed by atoms with Gasteiger partial charge in [-0.05, 0) is 19.1 Å². The van der Waals surface area contributed by atoms with E-state index in [1.807, 2.05) is 0 Å². The van der Waals surface area contributed by atoms with Crippen LogP contribution in [0.2, 0.25) is 0 Å². The van der Waals surface area contributed by atoms with Crippen LogP contribution in [0.25, 0.3) is 0 Å². The molecule has 128 valence electrons. The lowest BCUT2D eigenvalue weighted by Crippen LogP contribution is -2.25. The lowest BCUT2D eigenvalue weighted by Gasteiger charge is -2.15. The number of carbonyl (C=O) groups is 1. The first-order chi connectivity index (χ1) is 11.3. The van der Waals surface area contributed by atoms with Gasteiger partial charge in [0.25, 0.3) is 0 Å². The molecule has 0 N–H and O–H groups in total. The summed E-state index contributed by atoms with van der Waals surface area (Å²) in [6, 6.07) is 6.00. The van der Waals surface area contributed by atoms with Crippen molar-refractivity contribution in [1.82, 2.24) is 9.97 Å². The summed E-state index contributed by atoms with van der Waals surface area (Å²) in [5.41, 5.74) is -0.987. The smallest absolute Gasteiger partial charge is 0.419 e. The molecule has 1 unspecified atom stereocenters. The summed E-state index contributed by atoms with van der Waals surface area (Å²) in [6.45, 7) is 1.48. The summed E-state index contributed by atoms with van der Waals surface area (Å²) in [5, 5.41) is 0. The number of hydrogen-bond donors (Lipinski definition) is 0. The highest BCUT2D eigenvalue weighted by Gasteiger charge is 2.31. The minimum Gasteiger partial charge on any atom is -0.475 e. The van der Waals surface area contributed by atoms with Gasteiger partial charge in [-0.3, -0.25) is 0 Å². The van der Waals surface area contributed by atoms with Crippen LogP contribution in [0.3, 0.4) is 0 Å².